The highest BCUT2D eigenvalue weighted by atomic mass is 35.5. The minimum Gasteiger partial charge on any atom is -0.297 e. The molecule has 0 N–H and O–H groups in total. The third kappa shape index (κ3) is 3.67. The fourth-order valence-corrected chi connectivity index (χ4v) is 4.57. The minimum absolute atomic E-state index is 0.229. The van der Waals surface area contributed by atoms with E-state index in [9.17, 15) is 10.1 Å². The maximum atomic E-state index is 12.8. The third-order valence-corrected chi connectivity index (χ3v) is 6.65. The van der Waals surface area contributed by atoms with Crippen molar-refractivity contribution in [2.75, 3.05) is 13.1 Å². The highest BCUT2D eigenvalue weighted by Crippen LogP contribution is 2.35. The number of likely N-dealkylation sites (tertiary alicyclic amines) is 1. The molecule has 30 heavy (non-hydrogen) atoms. The van der Waals surface area contributed by atoms with E-state index < -0.39 is 5.41 Å². The van der Waals surface area contributed by atoms with Crippen LogP contribution in [0.2, 0.25) is 10.0 Å². The van der Waals surface area contributed by atoms with Gasteiger partial charge in [-0.25, -0.2) is 4.68 Å². The van der Waals surface area contributed by atoms with Gasteiger partial charge in [0.15, 0.2) is 0 Å². The van der Waals surface area contributed by atoms with E-state index in [1.54, 1.807) is 33.6 Å². The van der Waals surface area contributed by atoms with Gasteiger partial charge in [0.25, 0.3) is 5.56 Å². The number of hydrogen-bond donors (Lipinski definition) is 0. The van der Waals surface area contributed by atoms with Crippen molar-refractivity contribution in [2.24, 2.45) is 7.05 Å². The molecule has 0 bridgehead atoms. The Labute approximate surface area is 185 Å². The highest BCUT2D eigenvalue weighted by molar-refractivity contribution is 6.31. The summed E-state index contributed by atoms with van der Waals surface area (Å²) in [6.07, 6.45) is 1.49. The van der Waals surface area contributed by atoms with E-state index in [0.29, 0.717) is 17.3 Å². The topological polar surface area (TPSA) is 54.0 Å². The first-order chi connectivity index (χ1) is 14.4. The van der Waals surface area contributed by atoms with Crippen LogP contribution in [-0.4, -0.2) is 27.4 Å². The average molecular weight is 441 g/mol. The number of rotatable bonds is 4. The van der Waals surface area contributed by atoms with Crippen molar-refractivity contribution < 1.29 is 0 Å². The van der Waals surface area contributed by atoms with Crippen LogP contribution < -0.4 is 5.56 Å². The number of nitriles is 1. The molecular weight excluding hydrogens is 419 g/mol. The Bertz CT molecular complexity index is 1130. The molecule has 1 aromatic heterocycles. The summed E-state index contributed by atoms with van der Waals surface area (Å²) in [5.74, 6) is 0. The largest absolute Gasteiger partial charge is 0.297 e. The fourth-order valence-electron chi connectivity index (χ4n) is 4.19. The lowest BCUT2D eigenvalue weighted by atomic mass is 9.74. The first kappa shape index (κ1) is 20.7. The van der Waals surface area contributed by atoms with Crippen molar-refractivity contribution in [3.8, 4) is 11.8 Å². The minimum atomic E-state index is -0.456. The van der Waals surface area contributed by atoms with Gasteiger partial charge < -0.3 is 0 Å². The van der Waals surface area contributed by atoms with Crippen LogP contribution in [0.25, 0.3) is 5.69 Å². The molecule has 0 amide bonds. The molecule has 154 valence electrons. The molecule has 1 fully saturated rings. The monoisotopic (exact) mass is 440 g/mol. The van der Waals surface area contributed by atoms with Crippen molar-refractivity contribution >= 4 is 23.2 Å². The number of hydrogen-bond acceptors (Lipinski definition) is 3. The van der Waals surface area contributed by atoms with Gasteiger partial charge in [-0.3, -0.25) is 14.4 Å². The molecule has 0 spiro atoms. The van der Waals surface area contributed by atoms with Crippen LogP contribution in [-0.2, 0) is 19.0 Å². The van der Waals surface area contributed by atoms with Gasteiger partial charge in [0.05, 0.1) is 22.9 Å². The van der Waals surface area contributed by atoms with Crippen molar-refractivity contribution in [3.63, 3.8) is 0 Å². The van der Waals surface area contributed by atoms with E-state index in [1.807, 2.05) is 37.4 Å². The quantitative estimate of drug-likeness (QED) is 0.598. The first-order valence-corrected chi connectivity index (χ1v) is 10.6. The van der Waals surface area contributed by atoms with Crippen LogP contribution in [0.4, 0.5) is 0 Å². The SMILES string of the molecule is Cn1c(CN2CCC(C#N)(c3ccccc3)CC2)c(Cl)c(=O)n1-c1ccc(Cl)cc1. The van der Waals surface area contributed by atoms with Gasteiger partial charge in [-0.1, -0.05) is 53.5 Å². The van der Waals surface area contributed by atoms with E-state index in [1.165, 1.54) is 0 Å². The lowest BCUT2D eigenvalue weighted by Gasteiger charge is -2.37. The number of benzene rings is 2. The molecule has 5 nitrogen and oxygen atoms in total. The van der Waals surface area contributed by atoms with Crippen molar-refractivity contribution in [1.29, 1.82) is 5.26 Å². The number of piperidine rings is 1. The molecule has 0 aliphatic carbocycles. The summed E-state index contributed by atoms with van der Waals surface area (Å²) in [5.41, 5.74) is 1.85. The molecule has 7 heteroatoms. The first-order valence-electron chi connectivity index (χ1n) is 9.87. The van der Waals surface area contributed by atoms with Gasteiger partial charge in [0, 0.05) is 31.7 Å². The van der Waals surface area contributed by atoms with Crippen molar-refractivity contribution in [3.05, 3.63) is 86.3 Å². The molecule has 4 rings (SSSR count). The van der Waals surface area contributed by atoms with Crippen LogP contribution in [0, 0.1) is 11.3 Å². The second-order valence-corrected chi connectivity index (χ2v) is 8.53. The summed E-state index contributed by atoms with van der Waals surface area (Å²) in [7, 11) is 1.84. The molecule has 0 atom stereocenters. The maximum Gasteiger partial charge on any atom is 0.290 e. The van der Waals surface area contributed by atoms with Crippen molar-refractivity contribution in [1.82, 2.24) is 14.3 Å². The Hall–Kier alpha value is -2.52. The lowest BCUT2D eigenvalue weighted by molar-refractivity contribution is 0.175. The number of nitrogens with zero attached hydrogens (tertiary/aromatic N) is 4. The maximum absolute atomic E-state index is 12.8. The molecule has 2 heterocycles. The van der Waals surface area contributed by atoms with Crippen LogP contribution >= 0.6 is 23.2 Å². The fraction of sp³-hybridized carbons (Fsp3) is 0.304. The summed E-state index contributed by atoms with van der Waals surface area (Å²) < 4.78 is 3.36. The van der Waals surface area contributed by atoms with Gasteiger partial charge >= 0.3 is 0 Å². The van der Waals surface area contributed by atoms with E-state index in [2.05, 4.69) is 11.0 Å². The van der Waals surface area contributed by atoms with Crippen LogP contribution in [0.5, 0.6) is 0 Å². The second kappa shape index (κ2) is 8.31. The smallest absolute Gasteiger partial charge is 0.290 e. The second-order valence-electron chi connectivity index (χ2n) is 7.71. The van der Waals surface area contributed by atoms with Crippen LogP contribution in [0.15, 0.2) is 59.4 Å². The summed E-state index contributed by atoms with van der Waals surface area (Å²) in [4.78, 5) is 15.0. The van der Waals surface area contributed by atoms with Gasteiger partial charge in [-0.2, -0.15) is 5.26 Å². The zero-order chi connectivity index (χ0) is 21.3. The predicted octanol–water partition coefficient (Wildman–Crippen LogP) is 4.54. The van der Waals surface area contributed by atoms with E-state index in [-0.39, 0.29) is 10.6 Å². The average Bonchev–Trinajstić information content (AvgIpc) is 2.99. The Morgan fingerprint density at radius 3 is 2.27 bits per heavy atom. The zero-order valence-electron chi connectivity index (χ0n) is 16.7. The summed E-state index contributed by atoms with van der Waals surface area (Å²) in [5, 5.41) is 10.7. The summed E-state index contributed by atoms with van der Waals surface area (Å²) in [6, 6.07) is 19.7. The molecule has 1 aliphatic heterocycles. The Balaban J connectivity index is 1.55. The van der Waals surface area contributed by atoms with Gasteiger partial charge in [0.2, 0.25) is 0 Å². The Morgan fingerprint density at radius 1 is 1.03 bits per heavy atom. The number of aromatic nitrogens is 2. The molecule has 1 saturated heterocycles. The van der Waals surface area contributed by atoms with Crippen LogP contribution in [0.1, 0.15) is 24.1 Å². The standard InChI is InChI=1S/C23H22Cl2N4O/c1-27-20(21(25)22(30)29(27)19-9-7-18(24)8-10-19)15-28-13-11-23(16-26,12-14-28)17-5-3-2-4-6-17/h2-10H,11-15H2,1H3. The molecule has 1 aliphatic rings. The van der Waals surface area contributed by atoms with E-state index >= 15 is 0 Å². The van der Waals surface area contributed by atoms with Gasteiger partial charge in [-0.05, 0) is 42.7 Å². The Morgan fingerprint density at radius 2 is 1.67 bits per heavy atom. The molecule has 0 unspecified atom stereocenters. The van der Waals surface area contributed by atoms with Gasteiger partial charge in [0.1, 0.15) is 5.02 Å². The van der Waals surface area contributed by atoms with Gasteiger partial charge in [-0.15, -0.1) is 0 Å². The third-order valence-electron chi connectivity index (χ3n) is 6.02. The normalized spacial score (nSPS) is 16.3. The Kier molecular flexibility index (Phi) is 5.75. The number of halogens is 2. The summed E-state index contributed by atoms with van der Waals surface area (Å²) >= 11 is 12.4. The van der Waals surface area contributed by atoms with E-state index in [4.69, 9.17) is 23.2 Å². The van der Waals surface area contributed by atoms with Crippen LogP contribution in [0.3, 0.4) is 0 Å². The summed E-state index contributed by atoms with van der Waals surface area (Å²) in [6.45, 7) is 2.08. The molecule has 3 aromatic rings. The van der Waals surface area contributed by atoms with Crippen molar-refractivity contribution in [2.45, 2.75) is 24.8 Å². The van der Waals surface area contributed by atoms with E-state index in [0.717, 1.165) is 37.2 Å². The lowest BCUT2D eigenvalue weighted by Crippen LogP contribution is -2.41. The molecular formula is C23H22Cl2N4O. The molecule has 2 aromatic carbocycles. The highest BCUT2D eigenvalue weighted by Gasteiger charge is 2.36. The molecule has 0 saturated carbocycles. The zero-order valence-corrected chi connectivity index (χ0v) is 18.2. The molecule has 0 radical (unpaired) electrons. The predicted molar refractivity (Wildman–Crippen MR) is 119 cm³/mol.